The Balaban J connectivity index is 1.19. The molecule has 0 saturated heterocycles. The van der Waals surface area contributed by atoms with E-state index < -0.39 is 15.8 Å². The maximum absolute atomic E-state index is 13.5. The minimum atomic E-state index is -0.885. The van der Waals surface area contributed by atoms with Gasteiger partial charge in [-0.25, -0.2) is 0 Å². The molecular formula is C58H82N8O8. The molecule has 0 radical (unpaired) electrons. The number of anilines is 1. The predicted octanol–water partition coefficient (Wildman–Crippen LogP) is 17.9. The highest BCUT2D eigenvalue weighted by atomic mass is 16.6. The summed E-state index contributed by atoms with van der Waals surface area (Å²) in [6, 6.07) is 23.6. The number of hydrogen-bond acceptors (Lipinski definition) is 15. The summed E-state index contributed by atoms with van der Waals surface area (Å²) in [5, 5.41) is 36.8. The Morgan fingerprint density at radius 1 is 0.541 bits per heavy atom. The molecule has 16 nitrogen and oxygen atoms in total. The van der Waals surface area contributed by atoms with E-state index in [2.05, 4.69) is 42.5 Å². The number of azo groups is 3. The van der Waals surface area contributed by atoms with E-state index in [0.29, 0.717) is 78.2 Å². The zero-order valence-electron chi connectivity index (χ0n) is 45.5. The molecule has 0 spiro atoms. The lowest BCUT2D eigenvalue weighted by Gasteiger charge is -2.34. The molecule has 4 rings (SSSR count). The number of methoxy groups -OCH3 is 2. The second kappa shape index (κ2) is 32.6. The molecule has 16 heteroatoms. The average Bonchev–Trinajstić information content (AvgIpc) is 3.41. The van der Waals surface area contributed by atoms with Crippen molar-refractivity contribution in [2.75, 3.05) is 45.4 Å². The molecule has 0 aliphatic rings. The quantitative estimate of drug-likeness (QED) is 0.0140. The van der Waals surface area contributed by atoms with Gasteiger partial charge in [-0.05, 0) is 108 Å². The first-order valence-electron chi connectivity index (χ1n) is 26.8. The number of unbranched alkanes of at least 4 members (excludes halogenated alkanes) is 15. The molecule has 0 aliphatic carbocycles. The van der Waals surface area contributed by atoms with Crippen LogP contribution in [0.1, 0.15) is 157 Å². The summed E-state index contributed by atoms with van der Waals surface area (Å²) in [5.41, 5.74) is 2.29. The Morgan fingerprint density at radius 2 is 0.932 bits per heavy atom. The molecule has 0 heterocycles. The fraction of sp³-hybridized carbons (Fsp3) is 0.552. The standard InChI is InChI=1S/C58H82N8O8/c1-9-12-13-14-15-16-17-18-19-20-21-22-23-24-25-26-40-73-56(68)58(6,10-2)44-57(4,5)55(67)74-41-39-65(11-3)49-35-31-48(32-36-49)62-64-52-43-53(71-7)51(42-54(52)72-8)63-61-46-29-27-45(28-30-46)59-60-47-33-37-50(38-34-47)66(69)70/h27-38,42-43H,9-26,39-41,44H2,1-8H3. The summed E-state index contributed by atoms with van der Waals surface area (Å²) in [7, 11) is 3.05. The maximum Gasteiger partial charge on any atom is 0.311 e. The predicted molar refractivity (Wildman–Crippen MR) is 294 cm³/mol. The highest BCUT2D eigenvalue weighted by molar-refractivity contribution is 5.80. The number of likely N-dealkylation sites (N-methyl/N-ethyl adjacent to an activating group) is 1. The van der Waals surface area contributed by atoms with Gasteiger partial charge in [-0.3, -0.25) is 19.7 Å². The number of carbonyl (C=O) groups is 2. The Labute approximate surface area is 440 Å². The van der Waals surface area contributed by atoms with Gasteiger partial charge >= 0.3 is 11.9 Å². The Morgan fingerprint density at radius 3 is 1.34 bits per heavy atom. The number of nitrogens with zero attached hydrogens (tertiary/aromatic N) is 8. The van der Waals surface area contributed by atoms with Crippen LogP contribution in [0.2, 0.25) is 0 Å². The number of esters is 2. The van der Waals surface area contributed by atoms with Gasteiger partial charge in [0.15, 0.2) is 0 Å². The first-order chi connectivity index (χ1) is 35.7. The van der Waals surface area contributed by atoms with Gasteiger partial charge < -0.3 is 23.8 Å². The number of ether oxygens (including phenoxy) is 4. The number of nitro groups is 1. The molecule has 1 atom stereocenters. The molecule has 1 unspecified atom stereocenters. The molecular weight excluding hydrogens is 937 g/mol. The van der Waals surface area contributed by atoms with Gasteiger partial charge in [-0.2, -0.15) is 20.5 Å². The highest BCUT2D eigenvalue weighted by Crippen LogP contribution is 2.42. The molecule has 0 aliphatic heterocycles. The number of nitro benzene ring substituents is 1. The van der Waals surface area contributed by atoms with Gasteiger partial charge in [0.1, 0.15) is 29.5 Å². The SMILES string of the molecule is CCCCCCCCCCCCCCCCCCOC(=O)C(C)(CC)CC(C)(C)C(=O)OCCN(CC)c1ccc(N=Nc2cc(OC)c(N=Nc3ccc(N=Nc4ccc([N+](=O)[O-])cc4)cc3)cc2OC)cc1. The average molecular weight is 1020 g/mol. The molecule has 402 valence electrons. The van der Waals surface area contributed by atoms with E-state index in [1.54, 1.807) is 36.4 Å². The summed E-state index contributed by atoms with van der Waals surface area (Å²) in [5.74, 6) is 0.238. The van der Waals surface area contributed by atoms with Crippen LogP contribution in [0.25, 0.3) is 0 Å². The minimum absolute atomic E-state index is 0.0200. The third-order valence-corrected chi connectivity index (χ3v) is 13.3. The summed E-state index contributed by atoms with van der Waals surface area (Å²) >= 11 is 0. The largest absolute Gasteiger partial charge is 0.494 e. The molecule has 0 saturated carbocycles. The normalized spacial score (nSPS) is 12.6. The minimum Gasteiger partial charge on any atom is -0.494 e. The van der Waals surface area contributed by atoms with Crippen LogP contribution in [0.4, 0.5) is 45.5 Å². The van der Waals surface area contributed by atoms with E-state index in [-0.39, 0.29) is 24.2 Å². The van der Waals surface area contributed by atoms with Crippen molar-refractivity contribution in [2.24, 2.45) is 41.5 Å². The lowest BCUT2D eigenvalue weighted by atomic mass is 9.72. The van der Waals surface area contributed by atoms with E-state index in [4.69, 9.17) is 18.9 Å². The van der Waals surface area contributed by atoms with Crippen LogP contribution in [-0.2, 0) is 19.1 Å². The summed E-state index contributed by atoms with van der Waals surface area (Å²) in [4.78, 5) is 39.4. The van der Waals surface area contributed by atoms with Crippen molar-refractivity contribution < 1.29 is 33.5 Å². The highest BCUT2D eigenvalue weighted by Gasteiger charge is 2.43. The number of hydrogen-bond donors (Lipinski definition) is 0. The lowest BCUT2D eigenvalue weighted by molar-refractivity contribution is -0.384. The summed E-state index contributed by atoms with van der Waals surface area (Å²) in [6.07, 6.45) is 21.6. The van der Waals surface area contributed by atoms with Crippen molar-refractivity contribution in [1.82, 2.24) is 0 Å². The third kappa shape index (κ3) is 20.7. The second-order valence-corrected chi connectivity index (χ2v) is 19.7. The maximum atomic E-state index is 13.5. The molecule has 0 fully saturated rings. The molecule has 0 aromatic heterocycles. The van der Waals surface area contributed by atoms with Gasteiger partial charge in [-0.15, -0.1) is 10.2 Å². The fourth-order valence-corrected chi connectivity index (χ4v) is 8.61. The van der Waals surface area contributed by atoms with Crippen molar-refractivity contribution in [1.29, 1.82) is 0 Å². The van der Waals surface area contributed by atoms with Gasteiger partial charge in [-0.1, -0.05) is 110 Å². The smallest absolute Gasteiger partial charge is 0.311 e. The number of carbonyl (C=O) groups excluding carboxylic acids is 2. The van der Waals surface area contributed by atoms with Crippen molar-refractivity contribution in [2.45, 2.75) is 157 Å². The number of rotatable bonds is 36. The first-order valence-corrected chi connectivity index (χ1v) is 26.8. The van der Waals surface area contributed by atoms with Crippen LogP contribution >= 0.6 is 0 Å². The first kappa shape index (κ1) is 60.0. The zero-order valence-corrected chi connectivity index (χ0v) is 45.5. The monoisotopic (exact) mass is 1020 g/mol. The molecule has 4 aromatic carbocycles. The van der Waals surface area contributed by atoms with E-state index in [1.165, 1.54) is 128 Å². The van der Waals surface area contributed by atoms with Gasteiger partial charge in [0.05, 0.1) is 65.9 Å². The molecule has 0 N–H and O–H groups in total. The molecule has 74 heavy (non-hydrogen) atoms. The Bertz CT molecular complexity index is 2390. The number of non-ortho nitro benzene ring substituents is 1. The second-order valence-electron chi connectivity index (χ2n) is 19.7. The van der Waals surface area contributed by atoms with Gasteiger partial charge in [0.2, 0.25) is 0 Å². The zero-order chi connectivity index (χ0) is 53.6. The van der Waals surface area contributed by atoms with Gasteiger partial charge in [0.25, 0.3) is 5.69 Å². The Kier molecular flexibility index (Phi) is 26.4. The van der Waals surface area contributed by atoms with Crippen molar-refractivity contribution in [3.8, 4) is 11.5 Å². The van der Waals surface area contributed by atoms with E-state index in [0.717, 1.165) is 18.5 Å². The summed E-state index contributed by atoms with van der Waals surface area (Å²) < 4.78 is 22.9. The van der Waals surface area contributed by atoms with Crippen molar-refractivity contribution in [3.05, 3.63) is 95.0 Å². The third-order valence-electron chi connectivity index (χ3n) is 13.3. The van der Waals surface area contributed by atoms with Crippen LogP contribution in [0.3, 0.4) is 0 Å². The van der Waals surface area contributed by atoms with E-state index in [9.17, 15) is 19.7 Å². The fourth-order valence-electron chi connectivity index (χ4n) is 8.61. The Hall–Kier alpha value is -6.58. The topological polar surface area (TPSA) is 192 Å². The van der Waals surface area contributed by atoms with Crippen molar-refractivity contribution in [3.63, 3.8) is 0 Å². The molecule has 0 bridgehead atoms. The molecule has 0 amide bonds. The number of benzene rings is 4. The van der Waals surface area contributed by atoms with Crippen molar-refractivity contribution >= 4 is 57.4 Å². The van der Waals surface area contributed by atoms with Crippen LogP contribution in [-0.4, -0.2) is 57.4 Å². The van der Waals surface area contributed by atoms with E-state index in [1.807, 2.05) is 58.9 Å². The van der Waals surface area contributed by atoms with Crippen LogP contribution in [0.5, 0.6) is 11.5 Å². The summed E-state index contributed by atoms with van der Waals surface area (Å²) in [6.45, 7) is 13.6. The van der Waals surface area contributed by atoms with E-state index >= 15 is 0 Å². The van der Waals surface area contributed by atoms with Gasteiger partial charge in [0, 0.05) is 36.5 Å². The molecule has 4 aromatic rings. The van der Waals surface area contributed by atoms with Crippen LogP contribution < -0.4 is 14.4 Å². The van der Waals surface area contributed by atoms with Crippen LogP contribution in [0.15, 0.2) is 116 Å². The lowest BCUT2D eigenvalue weighted by Crippen LogP contribution is -2.39. The van der Waals surface area contributed by atoms with Crippen LogP contribution in [0, 0.1) is 20.9 Å².